The number of para-hydroxylation sites is 4. The van der Waals surface area contributed by atoms with Gasteiger partial charge in [0.15, 0.2) is 0 Å². The first-order chi connectivity index (χ1) is 59.0. The molecule has 18 aromatic carbocycles. The Morgan fingerprint density at radius 3 is 0.975 bits per heavy atom. The standard InChI is InChI=1S/C57H39NO2.C57H39NOS/c1-57(2)51-20-9-6-15-43(51)44-32-31-42(35-52(44)57)58(40-27-23-37(24-28-40)36-13-4-3-5-14-36)41-29-25-38(26-30-41)39-33-49-46-17-8-11-22-54(46)60-56(49)50(34-39)48-19-12-18-47-45-16-7-10-21-53(45)59-55(47)48;1-57(2)51-20-9-6-15-43(51)44-32-31-42(35-52(44)57)58(40-27-23-37(24-28-40)36-13-4-3-5-14-36)41-29-25-38(26-30-41)39-33-49-45-16-7-10-21-53(45)59-55(49)50(34-39)48-19-12-18-47-46-17-8-11-22-54(46)60-56(47)48/h2*3-35H,1-2H3. The second-order valence-electron chi connectivity index (χ2n) is 32.9. The Balaban J connectivity index is 0.000000140. The van der Waals surface area contributed by atoms with Gasteiger partial charge < -0.3 is 23.1 Å². The van der Waals surface area contributed by atoms with Crippen molar-refractivity contribution in [2.45, 2.75) is 38.5 Å². The number of hydrogen-bond acceptors (Lipinski definition) is 6. The van der Waals surface area contributed by atoms with Crippen molar-refractivity contribution in [2.24, 2.45) is 0 Å². The van der Waals surface area contributed by atoms with Crippen molar-refractivity contribution in [1.82, 2.24) is 0 Å². The molecule has 0 fully saturated rings. The molecule has 568 valence electrons. The SMILES string of the molecule is CC1(C)c2ccccc2-c2ccc(N(c3ccc(-c4ccccc4)cc3)c3ccc(-c4cc(-c5cccc6c5oc5ccccc56)c5oc6ccccc6c5c4)cc3)cc21.CC1(C)c2ccccc2-c2ccc(N(c3ccc(-c4ccccc4)cc3)c3ccc(-c4cc(-c5cccc6c5sc5ccccc56)c5oc6ccccc6c5c4)cc3)cc21. The molecule has 0 radical (unpaired) electrons. The van der Waals surface area contributed by atoms with Crippen LogP contribution in [0.3, 0.4) is 0 Å². The molecule has 4 heterocycles. The van der Waals surface area contributed by atoms with Crippen molar-refractivity contribution in [2.75, 3.05) is 9.80 Å². The summed E-state index contributed by atoms with van der Waals surface area (Å²) in [6.07, 6.45) is 0. The summed E-state index contributed by atoms with van der Waals surface area (Å²) in [6.45, 7) is 9.39. The van der Waals surface area contributed by atoms with E-state index in [9.17, 15) is 0 Å². The van der Waals surface area contributed by atoms with Gasteiger partial charge in [-0.05, 0) is 210 Å². The van der Waals surface area contributed by atoms with Crippen molar-refractivity contribution in [3.63, 3.8) is 0 Å². The van der Waals surface area contributed by atoms with Crippen molar-refractivity contribution < 1.29 is 13.3 Å². The molecule has 22 aromatic rings. The molecule has 120 heavy (non-hydrogen) atoms. The van der Waals surface area contributed by atoms with Gasteiger partial charge in [-0.1, -0.05) is 307 Å². The number of anilines is 6. The normalized spacial score (nSPS) is 13.0. The molecule has 2 aliphatic rings. The van der Waals surface area contributed by atoms with Gasteiger partial charge in [-0.2, -0.15) is 0 Å². The van der Waals surface area contributed by atoms with Gasteiger partial charge >= 0.3 is 0 Å². The summed E-state index contributed by atoms with van der Waals surface area (Å²) in [4.78, 5) is 4.79. The number of nitrogens with zero attached hydrogens (tertiary/aromatic N) is 2. The zero-order valence-corrected chi connectivity index (χ0v) is 67.4. The lowest BCUT2D eigenvalue weighted by Gasteiger charge is -2.28. The van der Waals surface area contributed by atoms with E-state index < -0.39 is 0 Å². The fourth-order valence-corrected chi connectivity index (χ4v) is 20.6. The maximum Gasteiger partial charge on any atom is 0.143 e. The fourth-order valence-electron chi connectivity index (χ4n) is 19.3. The summed E-state index contributed by atoms with van der Waals surface area (Å²) in [5.74, 6) is 0. The Labute approximate surface area is 699 Å². The number of benzene rings is 18. The minimum Gasteiger partial charge on any atom is -0.455 e. The van der Waals surface area contributed by atoms with Crippen LogP contribution in [0, 0.1) is 0 Å². The quantitative estimate of drug-likeness (QED) is 0.122. The average molecular weight is 1560 g/mol. The van der Waals surface area contributed by atoms with E-state index in [2.05, 4.69) is 420 Å². The summed E-state index contributed by atoms with van der Waals surface area (Å²) in [7, 11) is 0. The third-order valence-corrected chi connectivity index (χ3v) is 26.6. The van der Waals surface area contributed by atoms with E-state index in [4.69, 9.17) is 13.3 Å². The van der Waals surface area contributed by atoms with E-state index >= 15 is 0 Å². The third-order valence-electron chi connectivity index (χ3n) is 25.4. The van der Waals surface area contributed by atoms with E-state index in [0.29, 0.717) is 0 Å². The number of thiophene rings is 1. The van der Waals surface area contributed by atoms with Crippen LogP contribution in [0.5, 0.6) is 0 Å². The van der Waals surface area contributed by atoms with Crippen LogP contribution in [0.15, 0.2) is 414 Å². The zero-order chi connectivity index (χ0) is 79.9. The molecule has 0 aliphatic heterocycles. The lowest BCUT2D eigenvalue weighted by atomic mass is 9.82. The Morgan fingerprint density at radius 2 is 0.517 bits per heavy atom. The monoisotopic (exact) mass is 1550 g/mol. The highest BCUT2D eigenvalue weighted by Gasteiger charge is 2.38. The third kappa shape index (κ3) is 11.6. The first-order valence-electron chi connectivity index (χ1n) is 41.3. The molecule has 0 unspecified atom stereocenters. The molecule has 0 saturated carbocycles. The van der Waals surface area contributed by atoms with Gasteiger partial charge in [-0.3, -0.25) is 0 Å². The maximum atomic E-state index is 6.70. The van der Waals surface area contributed by atoms with Crippen LogP contribution < -0.4 is 9.80 Å². The van der Waals surface area contributed by atoms with Crippen molar-refractivity contribution in [3.8, 4) is 89.0 Å². The molecule has 2 aliphatic carbocycles. The van der Waals surface area contributed by atoms with E-state index in [0.717, 1.165) is 139 Å². The summed E-state index contributed by atoms with van der Waals surface area (Å²) in [6, 6.07) is 145. The molecule has 0 atom stereocenters. The van der Waals surface area contributed by atoms with Crippen molar-refractivity contribution in [1.29, 1.82) is 0 Å². The van der Waals surface area contributed by atoms with E-state index in [1.165, 1.54) is 92.5 Å². The summed E-state index contributed by atoms with van der Waals surface area (Å²) in [5, 5.41) is 9.21. The first kappa shape index (κ1) is 70.6. The molecule has 4 aromatic heterocycles. The van der Waals surface area contributed by atoms with Crippen LogP contribution in [0.1, 0.15) is 49.9 Å². The summed E-state index contributed by atoms with van der Waals surface area (Å²) < 4.78 is 22.5. The number of rotatable bonds is 12. The first-order valence-corrected chi connectivity index (χ1v) is 42.1. The number of fused-ring (bicyclic) bond motifs is 18. The maximum absolute atomic E-state index is 6.70. The average Bonchev–Trinajstić information content (AvgIpc) is 1.58. The van der Waals surface area contributed by atoms with Gasteiger partial charge in [0.25, 0.3) is 0 Å². The number of hydrogen-bond donors (Lipinski definition) is 0. The number of furan rings is 3. The largest absolute Gasteiger partial charge is 0.455 e. The molecular formula is C114H78N2O3S. The van der Waals surface area contributed by atoms with E-state index in [1.54, 1.807) is 0 Å². The van der Waals surface area contributed by atoms with E-state index in [1.807, 2.05) is 29.5 Å². The van der Waals surface area contributed by atoms with Gasteiger partial charge in [0.05, 0.1) is 0 Å². The molecular weight excluding hydrogens is 1480 g/mol. The highest BCUT2D eigenvalue weighted by molar-refractivity contribution is 7.26. The van der Waals surface area contributed by atoms with Crippen molar-refractivity contribution >= 4 is 131 Å². The Bertz CT molecular complexity index is 7350. The van der Waals surface area contributed by atoms with Gasteiger partial charge in [-0.25, -0.2) is 0 Å². The van der Waals surface area contributed by atoms with Crippen molar-refractivity contribution in [3.05, 3.63) is 423 Å². The lowest BCUT2D eigenvalue weighted by Crippen LogP contribution is -2.16. The predicted octanol–water partition coefficient (Wildman–Crippen LogP) is 33.0. The van der Waals surface area contributed by atoms with Crippen LogP contribution >= 0.6 is 11.3 Å². The second kappa shape index (κ2) is 28.0. The Hall–Kier alpha value is -14.8. The Morgan fingerprint density at radius 1 is 0.200 bits per heavy atom. The molecule has 0 amide bonds. The van der Waals surface area contributed by atoms with Crippen LogP contribution in [0.25, 0.3) is 175 Å². The lowest BCUT2D eigenvalue weighted by molar-refractivity contribution is 0.660. The molecule has 0 saturated heterocycles. The zero-order valence-electron chi connectivity index (χ0n) is 66.6. The minimum atomic E-state index is -0.116. The second-order valence-corrected chi connectivity index (χ2v) is 34.0. The van der Waals surface area contributed by atoms with Crippen LogP contribution in [-0.4, -0.2) is 0 Å². The summed E-state index contributed by atoms with van der Waals surface area (Å²) >= 11 is 1.86. The van der Waals surface area contributed by atoms with Crippen LogP contribution in [-0.2, 0) is 10.8 Å². The van der Waals surface area contributed by atoms with Gasteiger partial charge in [0, 0.05) is 120 Å². The van der Waals surface area contributed by atoms with Gasteiger partial charge in [-0.15, -0.1) is 11.3 Å². The van der Waals surface area contributed by atoms with E-state index in [-0.39, 0.29) is 10.8 Å². The predicted molar refractivity (Wildman–Crippen MR) is 505 cm³/mol. The van der Waals surface area contributed by atoms with Crippen LogP contribution in [0.2, 0.25) is 0 Å². The smallest absolute Gasteiger partial charge is 0.143 e. The molecule has 0 spiro atoms. The molecule has 5 nitrogen and oxygen atoms in total. The molecule has 6 heteroatoms. The molecule has 0 N–H and O–H groups in total. The van der Waals surface area contributed by atoms with Gasteiger partial charge in [0.2, 0.25) is 0 Å². The minimum absolute atomic E-state index is 0.109. The summed E-state index contributed by atoms with van der Waals surface area (Å²) in [5.41, 5.74) is 36.1. The highest BCUT2D eigenvalue weighted by Crippen LogP contribution is 2.55. The van der Waals surface area contributed by atoms with Crippen LogP contribution in [0.4, 0.5) is 34.1 Å². The topological polar surface area (TPSA) is 45.9 Å². The molecule has 24 rings (SSSR count). The fraction of sp³-hybridized carbons (Fsp3) is 0.0526. The Kier molecular flexibility index (Phi) is 16.4. The highest BCUT2D eigenvalue weighted by atomic mass is 32.1. The molecule has 0 bridgehead atoms. The van der Waals surface area contributed by atoms with Gasteiger partial charge in [0.1, 0.15) is 33.5 Å².